The Labute approximate surface area is 97.4 Å². The van der Waals surface area contributed by atoms with E-state index in [-0.39, 0.29) is 5.69 Å². The fraction of sp³-hybridized carbons (Fsp3) is 0.222. The molecule has 0 radical (unpaired) electrons. The van der Waals surface area contributed by atoms with Crippen LogP contribution in [0.5, 0.6) is 0 Å². The molecule has 7 heteroatoms. The Morgan fingerprint density at radius 1 is 1.56 bits per heavy atom. The molecule has 0 atom stereocenters. The standard InChI is InChI=1S/C9H10N4O2S/c14-13(15)8-3-1-2-7(4-8)5-12-9(16)10-6-11-12/h1-4,11H,5-6H2,(H,10,16). The summed E-state index contributed by atoms with van der Waals surface area (Å²) in [6.07, 6.45) is 0. The van der Waals surface area contributed by atoms with E-state index in [0.29, 0.717) is 18.3 Å². The van der Waals surface area contributed by atoms with Gasteiger partial charge in [-0.05, 0) is 17.8 Å². The molecule has 2 N–H and O–H groups in total. The van der Waals surface area contributed by atoms with Crippen molar-refractivity contribution in [3.63, 3.8) is 0 Å². The van der Waals surface area contributed by atoms with E-state index in [1.807, 2.05) is 6.07 Å². The Kier molecular flexibility index (Phi) is 2.97. The molecule has 1 aromatic carbocycles. The lowest BCUT2D eigenvalue weighted by molar-refractivity contribution is -0.384. The lowest BCUT2D eigenvalue weighted by Crippen LogP contribution is -2.33. The van der Waals surface area contributed by atoms with Crippen LogP contribution in [0, 0.1) is 10.1 Å². The fourth-order valence-electron chi connectivity index (χ4n) is 1.46. The van der Waals surface area contributed by atoms with E-state index in [2.05, 4.69) is 10.7 Å². The molecule has 0 saturated carbocycles. The zero-order valence-corrected chi connectivity index (χ0v) is 9.16. The largest absolute Gasteiger partial charge is 0.347 e. The van der Waals surface area contributed by atoms with Gasteiger partial charge in [0.1, 0.15) is 0 Å². The van der Waals surface area contributed by atoms with Crippen LogP contribution in [-0.2, 0) is 6.54 Å². The van der Waals surface area contributed by atoms with E-state index >= 15 is 0 Å². The van der Waals surface area contributed by atoms with E-state index in [4.69, 9.17) is 12.2 Å². The van der Waals surface area contributed by atoms with Crippen LogP contribution in [0.1, 0.15) is 5.56 Å². The predicted molar refractivity (Wildman–Crippen MR) is 62.4 cm³/mol. The zero-order chi connectivity index (χ0) is 11.5. The predicted octanol–water partition coefficient (Wildman–Crippen LogP) is 0.747. The average Bonchev–Trinajstić information content (AvgIpc) is 2.65. The number of hydrazine groups is 1. The summed E-state index contributed by atoms with van der Waals surface area (Å²) >= 11 is 5.04. The number of non-ortho nitro benzene ring substituents is 1. The summed E-state index contributed by atoms with van der Waals surface area (Å²) in [6, 6.07) is 6.51. The molecule has 1 aliphatic heterocycles. The quantitative estimate of drug-likeness (QED) is 0.460. The summed E-state index contributed by atoms with van der Waals surface area (Å²) in [4.78, 5) is 10.2. The fourth-order valence-corrected chi connectivity index (χ4v) is 1.66. The van der Waals surface area contributed by atoms with Crippen molar-refractivity contribution >= 4 is 23.0 Å². The average molecular weight is 238 g/mol. The molecule has 0 amide bonds. The third-order valence-electron chi connectivity index (χ3n) is 2.22. The summed E-state index contributed by atoms with van der Waals surface area (Å²) in [7, 11) is 0. The van der Waals surface area contributed by atoms with Gasteiger partial charge in [-0.3, -0.25) is 15.1 Å². The van der Waals surface area contributed by atoms with Gasteiger partial charge in [0.15, 0.2) is 5.11 Å². The van der Waals surface area contributed by atoms with Crippen LogP contribution in [0.3, 0.4) is 0 Å². The molecule has 84 valence electrons. The first-order chi connectivity index (χ1) is 7.66. The number of rotatable bonds is 3. The van der Waals surface area contributed by atoms with Crippen molar-refractivity contribution in [2.45, 2.75) is 6.54 Å². The first-order valence-electron chi connectivity index (χ1n) is 4.69. The number of benzene rings is 1. The molecule has 0 spiro atoms. The molecule has 0 aromatic heterocycles. The van der Waals surface area contributed by atoms with Gasteiger partial charge < -0.3 is 5.32 Å². The molecule has 0 unspecified atom stereocenters. The molecule has 0 bridgehead atoms. The third-order valence-corrected chi connectivity index (χ3v) is 2.58. The topological polar surface area (TPSA) is 70.4 Å². The molecule has 1 aliphatic rings. The van der Waals surface area contributed by atoms with E-state index in [1.165, 1.54) is 6.07 Å². The normalized spacial score (nSPS) is 15.0. The lowest BCUT2D eigenvalue weighted by atomic mass is 10.2. The Hall–Kier alpha value is -1.73. The maximum atomic E-state index is 10.6. The van der Waals surface area contributed by atoms with Crippen molar-refractivity contribution in [1.29, 1.82) is 0 Å². The van der Waals surface area contributed by atoms with Gasteiger partial charge in [-0.1, -0.05) is 12.1 Å². The second kappa shape index (κ2) is 4.42. The Balaban J connectivity index is 2.12. The van der Waals surface area contributed by atoms with Crippen molar-refractivity contribution in [3.05, 3.63) is 39.9 Å². The van der Waals surface area contributed by atoms with Crippen LogP contribution < -0.4 is 10.7 Å². The highest BCUT2D eigenvalue weighted by molar-refractivity contribution is 7.80. The van der Waals surface area contributed by atoms with Gasteiger partial charge in [-0.25, -0.2) is 5.43 Å². The van der Waals surface area contributed by atoms with Gasteiger partial charge in [-0.2, -0.15) is 0 Å². The van der Waals surface area contributed by atoms with Crippen LogP contribution >= 0.6 is 12.2 Å². The maximum Gasteiger partial charge on any atom is 0.269 e. The van der Waals surface area contributed by atoms with E-state index in [0.717, 1.165) is 5.56 Å². The number of nitro benzene ring substituents is 1. The van der Waals surface area contributed by atoms with Crippen molar-refractivity contribution in [3.8, 4) is 0 Å². The van der Waals surface area contributed by atoms with Gasteiger partial charge in [0.05, 0.1) is 18.1 Å². The highest BCUT2D eigenvalue weighted by atomic mass is 32.1. The molecule has 6 nitrogen and oxygen atoms in total. The first-order valence-corrected chi connectivity index (χ1v) is 5.10. The molecular formula is C9H10N4O2S. The molecule has 1 heterocycles. The zero-order valence-electron chi connectivity index (χ0n) is 8.34. The van der Waals surface area contributed by atoms with Crippen molar-refractivity contribution < 1.29 is 4.92 Å². The Bertz CT molecular complexity index is 437. The van der Waals surface area contributed by atoms with Gasteiger partial charge >= 0.3 is 0 Å². The molecule has 16 heavy (non-hydrogen) atoms. The molecular weight excluding hydrogens is 228 g/mol. The minimum atomic E-state index is -0.405. The van der Waals surface area contributed by atoms with Crippen molar-refractivity contribution in [1.82, 2.24) is 15.8 Å². The number of hydrogen-bond acceptors (Lipinski definition) is 4. The smallest absolute Gasteiger partial charge is 0.269 e. The molecule has 1 aromatic rings. The minimum Gasteiger partial charge on any atom is -0.347 e. The molecule has 2 rings (SSSR count). The number of hydrogen-bond donors (Lipinski definition) is 2. The van der Waals surface area contributed by atoms with E-state index in [9.17, 15) is 10.1 Å². The highest BCUT2D eigenvalue weighted by Gasteiger charge is 2.16. The SMILES string of the molecule is O=[N+]([O-])c1cccc(CN2NCNC2=S)c1. The molecule has 1 fully saturated rings. The van der Waals surface area contributed by atoms with Crippen LogP contribution in [0.25, 0.3) is 0 Å². The second-order valence-corrected chi connectivity index (χ2v) is 3.72. The van der Waals surface area contributed by atoms with Crippen molar-refractivity contribution in [2.75, 3.05) is 6.67 Å². The summed E-state index contributed by atoms with van der Waals surface area (Å²) in [5.41, 5.74) is 3.95. The summed E-state index contributed by atoms with van der Waals surface area (Å²) in [5.74, 6) is 0. The Morgan fingerprint density at radius 2 is 2.38 bits per heavy atom. The lowest BCUT2D eigenvalue weighted by Gasteiger charge is -2.15. The van der Waals surface area contributed by atoms with E-state index < -0.39 is 4.92 Å². The number of nitro groups is 1. The second-order valence-electron chi connectivity index (χ2n) is 3.33. The van der Waals surface area contributed by atoms with Gasteiger partial charge in [-0.15, -0.1) is 0 Å². The summed E-state index contributed by atoms with van der Waals surface area (Å²) in [6.45, 7) is 1.10. The van der Waals surface area contributed by atoms with Crippen LogP contribution in [-0.4, -0.2) is 21.7 Å². The van der Waals surface area contributed by atoms with Crippen LogP contribution in [0.4, 0.5) is 5.69 Å². The maximum absolute atomic E-state index is 10.6. The Morgan fingerprint density at radius 3 is 3.00 bits per heavy atom. The number of nitrogens with one attached hydrogen (secondary N) is 2. The minimum absolute atomic E-state index is 0.0931. The van der Waals surface area contributed by atoms with Gasteiger partial charge in [0.2, 0.25) is 0 Å². The first kappa shape index (κ1) is 10.8. The third kappa shape index (κ3) is 2.26. The van der Waals surface area contributed by atoms with Crippen LogP contribution in [0.2, 0.25) is 0 Å². The molecule has 1 saturated heterocycles. The summed E-state index contributed by atoms with van der Waals surface area (Å²) < 4.78 is 0. The number of nitrogens with zero attached hydrogens (tertiary/aromatic N) is 2. The van der Waals surface area contributed by atoms with E-state index in [1.54, 1.807) is 17.1 Å². The molecule has 0 aliphatic carbocycles. The highest BCUT2D eigenvalue weighted by Crippen LogP contribution is 2.14. The van der Waals surface area contributed by atoms with Crippen molar-refractivity contribution in [2.24, 2.45) is 0 Å². The van der Waals surface area contributed by atoms with Gasteiger partial charge in [0.25, 0.3) is 5.69 Å². The number of thiocarbonyl (C=S) groups is 1. The van der Waals surface area contributed by atoms with Crippen LogP contribution in [0.15, 0.2) is 24.3 Å². The van der Waals surface area contributed by atoms with Gasteiger partial charge in [0, 0.05) is 12.1 Å². The monoisotopic (exact) mass is 238 g/mol. The summed E-state index contributed by atoms with van der Waals surface area (Å²) in [5, 5.41) is 15.9.